The fourth-order valence-corrected chi connectivity index (χ4v) is 1.79. The van der Waals surface area contributed by atoms with Gasteiger partial charge in [-0.25, -0.2) is 0 Å². The molecule has 0 aliphatic rings. The predicted molar refractivity (Wildman–Crippen MR) is 78.5 cm³/mol. The van der Waals surface area contributed by atoms with E-state index in [0.29, 0.717) is 18.7 Å². The molecule has 0 radical (unpaired) electrons. The van der Waals surface area contributed by atoms with Crippen molar-refractivity contribution in [2.75, 3.05) is 26.9 Å². The second-order valence-electron chi connectivity index (χ2n) is 4.62. The number of benzene rings is 1. The molecule has 1 rings (SSSR count). The van der Waals surface area contributed by atoms with Crippen LogP contribution in [0.5, 0.6) is 0 Å². The van der Waals surface area contributed by atoms with Crippen LogP contribution in [0.1, 0.15) is 29.8 Å². The number of hydrogen-bond acceptors (Lipinski definition) is 3. The molecule has 108 valence electrons. The van der Waals surface area contributed by atoms with Gasteiger partial charge in [-0.2, -0.15) is 0 Å². The number of carbonyl (C=O) groups is 1. The molecule has 20 heavy (non-hydrogen) atoms. The summed E-state index contributed by atoms with van der Waals surface area (Å²) in [4.78, 5) is 14.2. The minimum Gasteiger partial charge on any atom is -0.384 e. The highest BCUT2D eigenvalue weighted by Gasteiger charge is 2.18. The Balaban J connectivity index is 2.83. The first-order valence-electron chi connectivity index (χ1n) is 6.59. The molecule has 0 spiro atoms. The molecule has 0 atom stereocenters. The normalized spacial score (nSPS) is 10.1. The molecule has 0 aliphatic heterocycles. The number of aliphatic hydroxyl groups is 1. The Bertz CT molecular complexity index is 483. The van der Waals surface area contributed by atoms with E-state index in [0.717, 1.165) is 5.56 Å². The Morgan fingerprint density at radius 3 is 2.50 bits per heavy atom. The molecular weight excluding hydrogens is 254 g/mol. The second-order valence-corrected chi connectivity index (χ2v) is 4.62. The van der Waals surface area contributed by atoms with Gasteiger partial charge < -0.3 is 14.7 Å². The Kier molecular flexibility index (Phi) is 6.78. The van der Waals surface area contributed by atoms with Gasteiger partial charge in [0.15, 0.2) is 0 Å². The third-order valence-electron chi connectivity index (χ3n) is 2.86. The third kappa shape index (κ3) is 4.69. The first-order valence-corrected chi connectivity index (χ1v) is 6.59. The summed E-state index contributed by atoms with van der Waals surface area (Å²) in [5, 5.41) is 8.64. The zero-order valence-corrected chi connectivity index (χ0v) is 12.2. The quantitative estimate of drug-likeness (QED) is 0.829. The van der Waals surface area contributed by atoms with Gasteiger partial charge in [-0.1, -0.05) is 11.8 Å². The van der Waals surface area contributed by atoms with Crippen molar-refractivity contribution >= 4 is 5.91 Å². The topological polar surface area (TPSA) is 49.8 Å². The summed E-state index contributed by atoms with van der Waals surface area (Å²) in [6.07, 6.45) is 0. The Morgan fingerprint density at radius 1 is 1.35 bits per heavy atom. The van der Waals surface area contributed by atoms with Crippen LogP contribution in [0.4, 0.5) is 0 Å². The van der Waals surface area contributed by atoms with Crippen molar-refractivity contribution in [3.05, 3.63) is 35.4 Å². The number of aliphatic hydroxyl groups excluding tert-OH is 1. The van der Waals surface area contributed by atoms with Crippen LogP contribution in [0.25, 0.3) is 0 Å². The van der Waals surface area contributed by atoms with E-state index in [4.69, 9.17) is 9.84 Å². The fraction of sp³-hybridized carbons (Fsp3) is 0.438. The molecule has 1 aromatic carbocycles. The smallest absolute Gasteiger partial charge is 0.254 e. The van der Waals surface area contributed by atoms with E-state index < -0.39 is 0 Å². The lowest BCUT2D eigenvalue weighted by atomic mass is 10.1. The van der Waals surface area contributed by atoms with E-state index >= 15 is 0 Å². The summed E-state index contributed by atoms with van der Waals surface area (Å²) < 4.78 is 5.04. The van der Waals surface area contributed by atoms with E-state index in [9.17, 15) is 4.79 Å². The van der Waals surface area contributed by atoms with Gasteiger partial charge in [0, 0.05) is 30.8 Å². The van der Waals surface area contributed by atoms with Crippen molar-refractivity contribution in [2.45, 2.75) is 19.9 Å². The molecular formula is C16H21NO3. The van der Waals surface area contributed by atoms with Crippen molar-refractivity contribution in [2.24, 2.45) is 0 Å². The lowest BCUT2D eigenvalue weighted by Gasteiger charge is -2.26. The minimum absolute atomic E-state index is 0.0151. The maximum atomic E-state index is 12.4. The zero-order valence-electron chi connectivity index (χ0n) is 12.2. The molecule has 0 heterocycles. The SMILES string of the molecule is COCCN(C(=O)c1ccc(C#CCO)cc1)C(C)C. The van der Waals surface area contributed by atoms with Crippen LogP contribution in [0.3, 0.4) is 0 Å². The number of amides is 1. The van der Waals surface area contributed by atoms with Gasteiger partial charge in [-0.05, 0) is 38.1 Å². The summed E-state index contributed by atoms with van der Waals surface area (Å²) in [7, 11) is 1.62. The first-order chi connectivity index (χ1) is 9.60. The molecule has 0 unspecified atom stereocenters. The molecule has 1 amide bonds. The van der Waals surface area contributed by atoms with E-state index in [1.54, 1.807) is 36.3 Å². The van der Waals surface area contributed by atoms with Crippen molar-refractivity contribution in [3.63, 3.8) is 0 Å². The number of rotatable bonds is 5. The molecule has 0 bridgehead atoms. The maximum Gasteiger partial charge on any atom is 0.254 e. The van der Waals surface area contributed by atoms with Crippen LogP contribution in [0.15, 0.2) is 24.3 Å². The van der Waals surface area contributed by atoms with Gasteiger partial charge in [0.1, 0.15) is 6.61 Å². The van der Waals surface area contributed by atoms with Crippen LogP contribution in [-0.2, 0) is 4.74 Å². The first kappa shape index (κ1) is 16.2. The molecule has 1 aromatic rings. The molecule has 0 saturated heterocycles. The van der Waals surface area contributed by atoms with Crippen molar-refractivity contribution in [1.82, 2.24) is 4.90 Å². The van der Waals surface area contributed by atoms with Gasteiger partial charge >= 0.3 is 0 Å². The molecule has 0 fully saturated rings. The summed E-state index contributed by atoms with van der Waals surface area (Å²) in [6.45, 7) is 4.88. The summed E-state index contributed by atoms with van der Waals surface area (Å²) in [6, 6.07) is 7.19. The van der Waals surface area contributed by atoms with E-state index in [1.165, 1.54) is 0 Å². The van der Waals surface area contributed by atoms with E-state index in [2.05, 4.69) is 11.8 Å². The number of hydrogen-bond donors (Lipinski definition) is 1. The molecule has 0 aromatic heterocycles. The fourth-order valence-electron chi connectivity index (χ4n) is 1.79. The average molecular weight is 275 g/mol. The number of ether oxygens (including phenoxy) is 1. The second kappa shape index (κ2) is 8.36. The molecule has 4 nitrogen and oxygen atoms in total. The van der Waals surface area contributed by atoms with Crippen LogP contribution >= 0.6 is 0 Å². The van der Waals surface area contributed by atoms with E-state index in [-0.39, 0.29) is 18.6 Å². The lowest BCUT2D eigenvalue weighted by molar-refractivity contribution is 0.0635. The van der Waals surface area contributed by atoms with Gasteiger partial charge in [-0.3, -0.25) is 4.79 Å². The van der Waals surface area contributed by atoms with Crippen molar-refractivity contribution in [3.8, 4) is 11.8 Å². The Labute approximate surface area is 120 Å². The molecule has 4 heteroatoms. The largest absolute Gasteiger partial charge is 0.384 e. The number of carbonyl (C=O) groups excluding carboxylic acids is 1. The Hall–Kier alpha value is -1.83. The highest BCUT2D eigenvalue weighted by Crippen LogP contribution is 2.10. The summed E-state index contributed by atoms with van der Waals surface area (Å²) in [5.74, 6) is 5.36. The van der Waals surface area contributed by atoms with Gasteiger partial charge in [0.05, 0.1) is 6.61 Å². The highest BCUT2D eigenvalue weighted by atomic mass is 16.5. The average Bonchev–Trinajstić information content (AvgIpc) is 2.45. The minimum atomic E-state index is -0.168. The number of nitrogens with zero attached hydrogens (tertiary/aromatic N) is 1. The van der Waals surface area contributed by atoms with Gasteiger partial charge in [0.2, 0.25) is 0 Å². The molecule has 1 N–H and O–H groups in total. The van der Waals surface area contributed by atoms with Crippen molar-refractivity contribution in [1.29, 1.82) is 0 Å². The molecule has 0 aliphatic carbocycles. The maximum absolute atomic E-state index is 12.4. The standard InChI is InChI=1S/C16H21NO3/c1-13(2)17(10-12-20-3)16(19)15-8-6-14(7-9-15)5-4-11-18/h6-9,13,18H,10-12H2,1-3H3. The Morgan fingerprint density at radius 2 is 2.00 bits per heavy atom. The van der Waals surface area contributed by atoms with E-state index in [1.807, 2.05) is 13.8 Å². The third-order valence-corrected chi connectivity index (χ3v) is 2.86. The van der Waals surface area contributed by atoms with Crippen LogP contribution in [0.2, 0.25) is 0 Å². The monoisotopic (exact) mass is 275 g/mol. The summed E-state index contributed by atoms with van der Waals surface area (Å²) in [5.41, 5.74) is 1.41. The van der Waals surface area contributed by atoms with Crippen LogP contribution in [-0.4, -0.2) is 48.8 Å². The highest BCUT2D eigenvalue weighted by molar-refractivity contribution is 5.94. The van der Waals surface area contributed by atoms with Crippen LogP contribution in [0, 0.1) is 11.8 Å². The predicted octanol–water partition coefficient (Wildman–Crippen LogP) is 1.53. The lowest BCUT2D eigenvalue weighted by Crippen LogP contribution is -2.39. The van der Waals surface area contributed by atoms with Gasteiger partial charge in [-0.15, -0.1) is 0 Å². The van der Waals surface area contributed by atoms with Crippen molar-refractivity contribution < 1.29 is 14.6 Å². The van der Waals surface area contributed by atoms with Crippen LogP contribution < -0.4 is 0 Å². The van der Waals surface area contributed by atoms with Gasteiger partial charge in [0.25, 0.3) is 5.91 Å². The zero-order chi connectivity index (χ0) is 15.0. The number of methoxy groups -OCH3 is 1. The molecule has 0 saturated carbocycles. The summed E-state index contributed by atoms with van der Waals surface area (Å²) >= 11 is 0.